The van der Waals surface area contributed by atoms with Gasteiger partial charge in [0.1, 0.15) is 5.25 Å². The number of rotatable bonds is 3. The van der Waals surface area contributed by atoms with Gasteiger partial charge in [-0.15, -0.1) is 0 Å². The molecule has 0 fully saturated rings. The summed E-state index contributed by atoms with van der Waals surface area (Å²) in [6.07, 6.45) is 0.0177. The molecule has 0 saturated carbocycles. The molecule has 0 radical (unpaired) electrons. The molecule has 2 amide bonds. The number of amidine groups is 1. The number of guanidine groups is 1. The van der Waals surface area contributed by atoms with Crippen molar-refractivity contribution in [3.05, 3.63) is 29.3 Å². The monoisotopic (exact) mass is 319 g/mol. The van der Waals surface area contributed by atoms with Crippen LogP contribution in [0.25, 0.3) is 0 Å². The van der Waals surface area contributed by atoms with E-state index < -0.39 is 11.2 Å². The molecule has 2 rings (SSSR count). The van der Waals surface area contributed by atoms with Gasteiger partial charge in [0.2, 0.25) is 5.91 Å². The number of thioether (sulfide) groups is 1. The quantitative estimate of drug-likeness (QED) is 0.564. The molecule has 22 heavy (non-hydrogen) atoms. The predicted octanol–water partition coefficient (Wildman–Crippen LogP) is 0.903. The second kappa shape index (κ2) is 6.61. The van der Waals surface area contributed by atoms with Gasteiger partial charge in [-0.05, 0) is 25.5 Å². The topological polar surface area (TPSA) is 123 Å². The van der Waals surface area contributed by atoms with Crippen LogP contribution < -0.4 is 16.8 Å². The lowest BCUT2D eigenvalue weighted by atomic mass is 10.1. The minimum Gasteiger partial charge on any atom is -0.370 e. The van der Waals surface area contributed by atoms with Crippen molar-refractivity contribution in [2.24, 2.45) is 21.5 Å². The predicted molar refractivity (Wildman–Crippen MR) is 88.8 cm³/mol. The summed E-state index contributed by atoms with van der Waals surface area (Å²) in [6, 6.07) is 5.73. The molecule has 1 aromatic carbocycles. The van der Waals surface area contributed by atoms with Crippen LogP contribution >= 0.6 is 11.8 Å². The average molecular weight is 319 g/mol. The van der Waals surface area contributed by atoms with Crippen molar-refractivity contribution in [2.45, 2.75) is 25.5 Å². The molecule has 0 aliphatic carbocycles. The molecule has 0 saturated heterocycles. The van der Waals surface area contributed by atoms with Crippen LogP contribution in [-0.2, 0) is 9.59 Å². The molecule has 0 unspecified atom stereocenters. The number of carbonyl (C=O) groups is 2. The van der Waals surface area contributed by atoms with Gasteiger partial charge in [-0.2, -0.15) is 9.98 Å². The fourth-order valence-electron chi connectivity index (χ4n) is 1.98. The molecule has 7 nitrogen and oxygen atoms in total. The van der Waals surface area contributed by atoms with Gasteiger partial charge in [-0.25, -0.2) is 0 Å². The second-order valence-corrected chi connectivity index (χ2v) is 6.12. The zero-order chi connectivity index (χ0) is 16.3. The summed E-state index contributed by atoms with van der Waals surface area (Å²) in [5, 5.41) is 2.40. The van der Waals surface area contributed by atoms with Crippen molar-refractivity contribution >= 4 is 40.4 Å². The maximum absolute atomic E-state index is 12.1. The summed E-state index contributed by atoms with van der Waals surface area (Å²) in [5.41, 5.74) is 13.3. The molecular formula is C14H17N5O2S. The highest BCUT2D eigenvalue weighted by molar-refractivity contribution is 8.15. The molecule has 1 aliphatic heterocycles. The maximum atomic E-state index is 12.1. The Morgan fingerprint density at radius 3 is 2.77 bits per heavy atom. The third kappa shape index (κ3) is 4.08. The smallest absolute Gasteiger partial charge is 0.262 e. The van der Waals surface area contributed by atoms with Crippen LogP contribution in [0.1, 0.15) is 17.5 Å². The first-order valence-corrected chi connectivity index (χ1v) is 7.49. The molecule has 1 heterocycles. The van der Waals surface area contributed by atoms with Crippen molar-refractivity contribution in [2.75, 3.05) is 5.32 Å². The van der Waals surface area contributed by atoms with Gasteiger partial charge < -0.3 is 16.8 Å². The number of nitrogens with one attached hydrogen (secondary N) is 1. The Bertz CT molecular complexity index is 680. The molecule has 116 valence electrons. The largest absolute Gasteiger partial charge is 0.370 e. The summed E-state index contributed by atoms with van der Waals surface area (Å²) in [6.45, 7) is 3.90. The van der Waals surface area contributed by atoms with Crippen LogP contribution in [0.15, 0.2) is 28.2 Å². The van der Waals surface area contributed by atoms with E-state index in [2.05, 4.69) is 15.3 Å². The lowest BCUT2D eigenvalue weighted by molar-refractivity contribution is -0.121. The van der Waals surface area contributed by atoms with E-state index in [1.807, 2.05) is 32.0 Å². The number of aryl methyl sites for hydroxylation is 2. The number of carbonyl (C=O) groups excluding carboxylic acids is 2. The highest BCUT2D eigenvalue weighted by Gasteiger charge is 2.30. The van der Waals surface area contributed by atoms with Crippen LogP contribution in [0.4, 0.5) is 5.69 Å². The van der Waals surface area contributed by atoms with Gasteiger partial charge in [0.15, 0.2) is 11.1 Å². The van der Waals surface area contributed by atoms with Crippen LogP contribution in [0.3, 0.4) is 0 Å². The number of aliphatic imine (C=N–C) groups is 2. The SMILES string of the molecule is Cc1ccc(NC(=O)C[C@H]2SC(N=C(N)N)=NC2=O)c(C)c1. The van der Waals surface area contributed by atoms with Gasteiger partial charge in [-0.3, -0.25) is 9.59 Å². The Balaban J connectivity index is 1.96. The van der Waals surface area contributed by atoms with Gasteiger partial charge in [0, 0.05) is 12.1 Å². The molecular weight excluding hydrogens is 302 g/mol. The summed E-state index contributed by atoms with van der Waals surface area (Å²) < 4.78 is 0. The lowest BCUT2D eigenvalue weighted by Gasteiger charge is -2.10. The normalized spacial score (nSPS) is 17.1. The number of hydrogen-bond acceptors (Lipinski definition) is 4. The van der Waals surface area contributed by atoms with E-state index in [0.29, 0.717) is 0 Å². The fraction of sp³-hybridized carbons (Fsp3) is 0.286. The van der Waals surface area contributed by atoms with Gasteiger partial charge in [0.25, 0.3) is 5.91 Å². The summed E-state index contributed by atoms with van der Waals surface area (Å²) in [4.78, 5) is 31.2. The summed E-state index contributed by atoms with van der Waals surface area (Å²) in [5.74, 6) is -0.820. The third-order valence-electron chi connectivity index (χ3n) is 2.98. The second-order valence-electron chi connectivity index (χ2n) is 4.95. The Kier molecular flexibility index (Phi) is 4.81. The van der Waals surface area contributed by atoms with Crippen molar-refractivity contribution in [3.63, 3.8) is 0 Å². The van der Waals surface area contributed by atoms with Crippen molar-refractivity contribution in [1.29, 1.82) is 0 Å². The van der Waals surface area contributed by atoms with E-state index in [0.717, 1.165) is 28.6 Å². The highest BCUT2D eigenvalue weighted by atomic mass is 32.2. The Hall–Kier alpha value is -2.35. The number of anilines is 1. The molecule has 0 bridgehead atoms. The van der Waals surface area contributed by atoms with E-state index in [9.17, 15) is 9.59 Å². The first-order valence-electron chi connectivity index (χ1n) is 6.61. The zero-order valence-electron chi connectivity index (χ0n) is 12.3. The standard InChI is InChI=1S/C14H17N5O2S/c1-7-3-4-9(8(2)5-7)17-11(20)6-10-12(21)18-14(22-10)19-13(15)16/h3-5,10H,6H2,1-2H3,(H,17,20)(H4,15,16,18,19,21)/t10-/m1/s1. The highest BCUT2D eigenvalue weighted by Crippen LogP contribution is 2.26. The molecule has 5 N–H and O–H groups in total. The summed E-state index contributed by atoms with van der Waals surface area (Å²) >= 11 is 1.08. The van der Waals surface area contributed by atoms with E-state index in [1.165, 1.54) is 0 Å². The van der Waals surface area contributed by atoms with Crippen LogP contribution in [0.2, 0.25) is 0 Å². The maximum Gasteiger partial charge on any atom is 0.262 e. The molecule has 8 heteroatoms. The van der Waals surface area contributed by atoms with Crippen molar-refractivity contribution in [3.8, 4) is 0 Å². The van der Waals surface area contributed by atoms with Crippen LogP contribution in [0, 0.1) is 13.8 Å². The summed E-state index contributed by atoms with van der Waals surface area (Å²) in [7, 11) is 0. The van der Waals surface area contributed by atoms with Gasteiger partial charge in [0.05, 0.1) is 0 Å². The van der Waals surface area contributed by atoms with Gasteiger partial charge >= 0.3 is 0 Å². The van der Waals surface area contributed by atoms with E-state index in [4.69, 9.17) is 11.5 Å². The van der Waals surface area contributed by atoms with E-state index in [-0.39, 0.29) is 23.5 Å². The Labute approximate surface area is 132 Å². The number of hydrogen-bond donors (Lipinski definition) is 3. The Morgan fingerprint density at radius 2 is 2.14 bits per heavy atom. The zero-order valence-corrected chi connectivity index (χ0v) is 13.1. The number of nitrogens with two attached hydrogens (primary N) is 2. The van der Waals surface area contributed by atoms with E-state index in [1.54, 1.807) is 0 Å². The Morgan fingerprint density at radius 1 is 1.41 bits per heavy atom. The van der Waals surface area contributed by atoms with Crippen LogP contribution in [0.5, 0.6) is 0 Å². The number of amides is 2. The molecule has 1 aromatic rings. The molecule has 1 aliphatic rings. The molecule has 1 atom stereocenters. The van der Waals surface area contributed by atoms with Gasteiger partial charge in [-0.1, -0.05) is 29.5 Å². The minimum absolute atomic E-state index is 0.0177. The third-order valence-corrected chi connectivity index (χ3v) is 4.03. The lowest BCUT2D eigenvalue weighted by Crippen LogP contribution is -2.23. The van der Waals surface area contributed by atoms with Crippen molar-refractivity contribution in [1.82, 2.24) is 0 Å². The number of benzene rings is 1. The molecule has 0 spiro atoms. The average Bonchev–Trinajstić information content (AvgIpc) is 2.72. The first-order chi connectivity index (χ1) is 10.3. The fourth-order valence-corrected chi connectivity index (χ4v) is 2.93. The number of nitrogens with zero attached hydrogens (tertiary/aromatic N) is 2. The minimum atomic E-state index is -0.594. The van der Waals surface area contributed by atoms with Crippen LogP contribution in [-0.4, -0.2) is 28.2 Å². The molecule has 0 aromatic heterocycles. The van der Waals surface area contributed by atoms with E-state index >= 15 is 0 Å². The first kappa shape index (κ1) is 16.0. The van der Waals surface area contributed by atoms with Crippen molar-refractivity contribution < 1.29 is 9.59 Å².